The Bertz CT molecular complexity index is 149. The summed E-state index contributed by atoms with van der Waals surface area (Å²) in [5.41, 5.74) is 4.80. The normalized spacial score (nSPS) is 15.6. The lowest BCUT2D eigenvalue weighted by molar-refractivity contribution is 0.0564. The van der Waals surface area contributed by atoms with Crippen LogP contribution in [0.5, 0.6) is 0 Å². The van der Waals surface area contributed by atoms with E-state index in [2.05, 4.69) is 18.7 Å². The highest BCUT2D eigenvalue weighted by Gasteiger charge is 2.16. The van der Waals surface area contributed by atoms with Crippen LogP contribution >= 0.6 is 0 Å². The SMILES string of the molecule is CCCN(CC)CCCCC(C)(O)CN. The van der Waals surface area contributed by atoms with Crippen LogP contribution in [0.4, 0.5) is 0 Å². The van der Waals surface area contributed by atoms with Gasteiger partial charge in [0.05, 0.1) is 5.60 Å². The van der Waals surface area contributed by atoms with E-state index in [1.807, 2.05) is 6.92 Å². The van der Waals surface area contributed by atoms with Gasteiger partial charge in [-0.3, -0.25) is 0 Å². The molecular weight excluding hydrogens is 188 g/mol. The zero-order valence-electron chi connectivity index (χ0n) is 10.6. The van der Waals surface area contributed by atoms with Gasteiger partial charge in [0.15, 0.2) is 0 Å². The Balaban J connectivity index is 3.52. The maximum Gasteiger partial charge on any atom is 0.0741 e. The van der Waals surface area contributed by atoms with E-state index in [1.54, 1.807) is 0 Å². The van der Waals surface area contributed by atoms with Crippen molar-refractivity contribution < 1.29 is 5.11 Å². The van der Waals surface area contributed by atoms with E-state index < -0.39 is 5.60 Å². The summed E-state index contributed by atoms with van der Waals surface area (Å²) in [6, 6.07) is 0. The first-order valence-electron chi connectivity index (χ1n) is 6.20. The highest BCUT2D eigenvalue weighted by atomic mass is 16.3. The number of unbranched alkanes of at least 4 members (excludes halogenated alkanes) is 1. The van der Waals surface area contributed by atoms with E-state index in [1.165, 1.54) is 13.0 Å². The summed E-state index contributed by atoms with van der Waals surface area (Å²) in [5.74, 6) is 0. The Morgan fingerprint density at radius 3 is 2.33 bits per heavy atom. The second kappa shape index (κ2) is 8.08. The number of nitrogens with zero attached hydrogens (tertiary/aromatic N) is 1. The van der Waals surface area contributed by atoms with Crippen LogP contribution in [0.25, 0.3) is 0 Å². The lowest BCUT2D eigenvalue weighted by Crippen LogP contribution is -2.34. The van der Waals surface area contributed by atoms with Crippen LogP contribution in [0, 0.1) is 0 Å². The van der Waals surface area contributed by atoms with E-state index >= 15 is 0 Å². The molecule has 92 valence electrons. The molecule has 0 rings (SSSR count). The molecule has 0 saturated carbocycles. The van der Waals surface area contributed by atoms with Crippen LogP contribution in [0.15, 0.2) is 0 Å². The molecule has 0 bridgehead atoms. The highest BCUT2D eigenvalue weighted by Crippen LogP contribution is 2.12. The number of aliphatic hydroxyl groups is 1. The third-order valence-electron chi connectivity index (χ3n) is 2.87. The molecule has 0 amide bonds. The largest absolute Gasteiger partial charge is 0.389 e. The number of hydrogen-bond donors (Lipinski definition) is 2. The molecular formula is C12H28N2O. The van der Waals surface area contributed by atoms with Crippen molar-refractivity contribution >= 4 is 0 Å². The summed E-state index contributed by atoms with van der Waals surface area (Å²) in [6.45, 7) is 10.0. The topological polar surface area (TPSA) is 49.5 Å². The van der Waals surface area contributed by atoms with Crippen molar-refractivity contribution in [3.63, 3.8) is 0 Å². The second-order valence-corrected chi connectivity index (χ2v) is 4.59. The fraction of sp³-hybridized carbons (Fsp3) is 1.00. The van der Waals surface area contributed by atoms with Gasteiger partial charge < -0.3 is 15.7 Å². The molecule has 0 fully saturated rings. The molecule has 1 atom stereocenters. The van der Waals surface area contributed by atoms with E-state index in [4.69, 9.17) is 5.73 Å². The van der Waals surface area contributed by atoms with Crippen LogP contribution in [0.2, 0.25) is 0 Å². The Morgan fingerprint density at radius 2 is 1.87 bits per heavy atom. The van der Waals surface area contributed by atoms with Crippen molar-refractivity contribution in [3.05, 3.63) is 0 Å². The molecule has 0 aliphatic carbocycles. The molecule has 0 aromatic carbocycles. The average molecular weight is 216 g/mol. The molecule has 0 heterocycles. The van der Waals surface area contributed by atoms with Crippen LogP contribution in [-0.4, -0.2) is 41.8 Å². The molecule has 0 aromatic heterocycles. The smallest absolute Gasteiger partial charge is 0.0741 e. The number of rotatable bonds is 9. The van der Waals surface area contributed by atoms with Gasteiger partial charge in [0.25, 0.3) is 0 Å². The monoisotopic (exact) mass is 216 g/mol. The minimum Gasteiger partial charge on any atom is -0.389 e. The minimum atomic E-state index is -0.665. The fourth-order valence-electron chi connectivity index (χ4n) is 1.69. The van der Waals surface area contributed by atoms with Crippen LogP contribution in [-0.2, 0) is 0 Å². The first-order valence-corrected chi connectivity index (χ1v) is 6.20. The van der Waals surface area contributed by atoms with E-state index in [0.29, 0.717) is 6.54 Å². The Kier molecular flexibility index (Phi) is 8.02. The summed E-state index contributed by atoms with van der Waals surface area (Å²) in [7, 11) is 0. The van der Waals surface area contributed by atoms with E-state index in [0.717, 1.165) is 32.4 Å². The molecule has 0 spiro atoms. The van der Waals surface area contributed by atoms with Gasteiger partial charge in [0.1, 0.15) is 0 Å². The third kappa shape index (κ3) is 7.77. The van der Waals surface area contributed by atoms with E-state index in [9.17, 15) is 5.11 Å². The molecule has 15 heavy (non-hydrogen) atoms. The quantitative estimate of drug-likeness (QED) is 0.576. The fourth-order valence-corrected chi connectivity index (χ4v) is 1.69. The number of nitrogens with two attached hydrogens (primary N) is 1. The average Bonchev–Trinajstić information content (AvgIpc) is 2.22. The lowest BCUT2D eigenvalue weighted by Gasteiger charge is -2.23. The van der Waals surface area contributed by atoms with Crippen molar-refractivity contribution in [2.24, 2.45) is 5.73 Å². The maximum absolute atomic E-state index is 9.71. The minimum absolute atomic E-state index is 0.361. The molecule has 0 aromatic rings. The summed E-state index contributed by atoms with van der Waals surface area (Å²) in [6.07, 6.45) is 4.25. The van der Waals surface area contributed by atoms with Crippen molar-refractivity contribution in [3.8, 4) is 0 Å². The molecule has 3 nitrogen and oxygen atoms in total. The van der Waals surface area contributed by atoms with Gasteiger partial charge in [-0.1, -0.05) is 13.8 Å². The molecule has 0 aliphatic rings. The Hall–Kier alpha value is -0.120. The lowest BCUT2D eigenvalue weighted by atomic mass is 9.99. The molecule has 1 unspecified atom stereocenters. The van der Waals surface area contributed by atoms with Gasteiger partial charge in [-0.15, -0.1) is 0 Å². The second-order valence-electron chi connectivity index (χ2n) is 4.59. The molecule has 0 radical (unpaired) electrons. The molecule has 0 saturated heterocycles. The Morgan fingerprint density at radius 1 is 1.20 bits per heavy atom. The highest BCUT2D eigenvalue weighted by molar-refractivity contribution is 4.73. The molecule has 0 aliphatic heterocycles. The van der Waals surface area contributed by atoms with Gasteiger partial charge in [0, 0.05) is 6.54 Å². The predicted molar refractivity (Wildman–Crippen MR) is 65.9 cm³/mol. The van der Waals surface area contributed by atoms with Crippen molar-refractivity contribution in [1.82, 2.24) is 4.90 Å². The van der Waals surface area contributed by atoms with Crippen molar-refractivity contribution in [1.29, 1.82) is 0 Å². The van der Waals surface area contributed by atoms with Crippen LogP contribution in [0.3, 0.4) is 0 Å². The molecule has 3 heteroatoms. The Labute approximate surface area is 94.6 Å². The van der Waals surface area contributed by atoms with Crippen LogP contribution < -0.4 is 5.73 Å². The first kappa shape index (κ1) is 14.9. The number of hydrogen-bond acceptors (Lipinski definition) is 3. The summed E-state index contributed by atoms with van der Waals surface area (Å²) < 4.78 is 0. The van der Waals surface area contributed by atoms with Gasteiger partial charge in [-0.25, -0.2) is 0 Å². The third-order valence-corrected chi connectivity index (χ3v) is 2.87. The summed E-state index contributed by atoms with van der Waals surface area (Å²) >= 11 is 0. The zero-order chi connectivity index (χ0) is 11.7. The van der Waals surface area contributed by atoms with E-state index in [-0.39, 0.29) is 0 Å². The van der Waals surface area contributed by atoms with Crippen molar-refractivity contribution in [2.75, 3.05) is 26.2 Å². The van der Waals surface area contributed by atoms with Gasteiger partial charge >= 0.3 is 0 Å². The zero-order valence-corrected chi connectivity index (χ0v) is 10.6. The van der Waals surface area contributed by atoms with Crippen LogP contribution in [0.1, 0.15) is 46.5 Å². The standard InChI is InChI=1S/C12H28N2O/c1-4-9-14(5-2)10-7-6-8-12(3,15)11-13/h15H,4-11,13H2,1-3H3. The van der Waals surface area contributed by atoms with Gasteiger partial charge in [0.2, 0.25) is 0 Å². The maximum atomic E-state index is 9.71. The first-order chi connectivity index (χ1) is 7.05. The summed E-state index contributed by atoms with van der Waals surface area (Å²) in [4.78, 5) is 2.46. The molecule has 3 N–H and O–H groups in total. The predicted octanol–water partition coefficient (Wildman–Crippen LogP) is 1.60. The summed E-state index contributed by atoms with van der Waals surface area (Å²) in [5, 5.41) is 9.71. The van der Waals surface area contributed by atoms with Crippen molar-refractivity contribution in [2.45, 2.75) is 52.1 Å². The van der Waals surface area contributed by atoms with Gasteiger partial charge in [-0.05, 0) is 52.2 Å². The van der Waals surface area contributed by atoms with Gasteiger partial charge in [-0.2, -0.15) is 0 Å².